The lowest BCUT2D eigenvalue weighted by Gasteiger charge is -2.24. The van der Waals surface area contributed by atoms with Crippen molar-refractivity contribution in [1.29, 1.82) is 0 Å². The first-order valence-electron chi connectivity index (χ1n) is 6.36. The highest BCUT2D eigenvalue weighted by molar-refractivity contribution is 7.99. The highest BCUT2D eigenvalue weighted by Crippen LogP contribution is 2.27. The SMILES string of the molecule is CC(Cc1ccccc1F)NCC1(O)CCSC1. The van der Waals surface area contributed by atoms with Crippen LogP contribution in [-0.2, 0) is 6.42 Å². The van der Waals surface area contributed by atoms with Gasteiger partial charge in [-0.25, -0.2) is 4.39 Å². The maximum absolute atomic E-state index is 13.5. The van der Waals surface area contributed by atoms with Gasteiger partial charge in [-0.2, -0.15) is 11.8 Å². The van der Waals surface area contributed by atoms with Gasteiger partial charge in [0, 0.05) is 18.3 Å². The van der Waals surface area contributed by atoms with E-state index >= 15 is 0 Å². The van der Waals surface area contributed by atoms with E-state index in [9.17, 15) is 9.50 Å². The lowest BCUT2D eigenvalue weighted by Crippen LogP contribution is -2.44. The molecule has 100 valence electrons. The molecule has 1 saturated heterocycles. The standard InChI is InChI=1S/C14H20FNOS/c1-11(8-12-4-2-3-5-13(12)15)16-9-14(17)6-7-18-10-14/h2-5,11,16-17H,6-10H2,1H3. The van der Waals surface area contributed by atoms with Gasteiger partial charge in [-0.3, -0.25) is 0 Å². The predicted molar refractivity (Wildman–Crippen MR) is 74.5 cm³/mol. The lowest BCUT2D eigenvalue weighted by molar-refractivity contribution is 0.0651. The minimum atomic E-state index is -0.575. The van der Waals surface area contributed by atoms with Gasteiger partial charge in [0.05, 0.1) is 5.60 Å². The van der Waals surface area contributed by atoms with E-state index in [1.807, 2.05) is 19.1 Å². The molecule has 1 heterocycles. The number of hydrogen-bond donors (Lipinski definition) is 2. The monoisotopic (exact) mass is 269 g/mol. The summed E-state index contributed by atoms with van der Waals surface area (Å²) in [5.74, 6) is 1.67. The average molecular weight is 269 g/mol. The zero-order valence-corrected chi connectivity index (χ0v) is 11.5. The molecule has 2 nitrogen and oxygen atoms in total. The van der Waals surface area contributed by atoms with Crippen molar-refractivity contribution in [2.24, 2.45) is 0 Å². The van der Waals surface area contributed by atoms with Gasteiger partial charge >= 0.3 is 0 Å². The Kier molecular flexibility index (Phi) is 4.65. The first kappa shape index (κ1) is 13.8. The van der Waals surface area contributed by atoms with Crippen LogP contribution in [0.4, 0.5) is 4.39 Å². The number of thioether (sulfide) groups is 1. The van der Waals surface area contributed by atoms with E-state index in [4.69, 9.17) is 0 Å². The molecule has 2 unspecified atom stereocenters. The van der Waals surface area contributed by atoms with E-state index in [0.717, 1.165) is 23.5 Å². The van der Waals surface area contributed by atoms with E-state index in [-0.39, 0.29) is 11.9 Å². The van der Waals surface area contributed by atoms with Crippen LogP contribution in [-0.4, -0.2) is 34.8 Å². The Labute approximate surface area is 112 Å². The van der Waals surface area contributed by atoms with Crippen LogP contribution in [0.1, 0.15) is 18.9 Å². The minimum Gasteiger partial charge on any atom is -0.388 e. The highest BCUT2D eigenvalue weighted by atomic mass is 32.2. The molecule has 1 fully saturated rings. The predicted octanol–water partition coefficient (Wildman–Crippen LogP) is 2.21. The first-order valence-corrected chi connectivity index (χ1v) is 7.51. The molecule has 0 amide bonds. The first-order chi connectivity index (χ1) is 8.59. The van der Waals surface area contributed by atoms with Gasteiger partial charge in [-0.1, -0.05) is 18.2 Å². The average Bonchev–Trinajstić information content (AvgIpc) is 2.77. The van der Waals surface area contributed by atoms with Crippen LogP contribution >= 0.6 is 11.8 Å². The number of benzene rings is 1. The molecule has 2 rings (SSSR count). The normalized spacial score (nSPS) is 25.3. The molecular weight excluding hydrogens is 249 g/mol. The van der Waals surface area contributed by atoms with E-state index in [0.29, 0.717) is 13.0 Å². The van der Waals surface area contributed by atoms with Crippen molar-refractivity contribution >= 4 is 11.8 Å². The fourth-order valence-corrected chi connectivity index (χ4v) is 3.46. The fourth-order valence-electron chi connectivity index (χ4n) is 2.17. The van der Waals surface area contributed by atoms with Crippen molar-refractivity contribution in [2.75, 3.05) is 18.1 Å². The number of halogens is 1. The molecule has 4 heteroatoms. The van der Waals surface area contributed by atoms with Crippen molar-refractivity contribution in [1.82, 2.24) is 5.32 Å². The molecule has 0 radical (unpaired) electrons. The molecule has 2 N–H and O–H groups in total. The molecule has 0 bridgehead atoms. The molecule has 0 aromatic heterocycles. The lowest BCUT2D eigenvalue weighted by atomic mass is 10.0. The summed E-state index contributed by atoms with van der Waals surface area (Å²) >= 11 is 1.79. The molecule has 0 spiro atoms. The summed E-state index contributed by atoms with van der Waals surface area (Å²) in [6.45, 7) is 2.62. The van der Waals surface area contributed by atoms with E-state index in [1.54, 1.807) is 17.8 Å². The Morgan fingerprint density at radius 2 is 2.28 bits per heavy atom. The van der Waals surface area contributed by atoms with Gasteiger partial charge < -0.3 is 10.4 Å². The molecule has 0 aliphatic carbocycles. The maximum Gasteiger partial charge on any atom is 0.126 e. The quantitative estimate of drug-likeness (QED) is 0.859. The van der Waals surface area contributed by atoms with Crippen LogP contribution in [0.2, 0.25) is 0 Å². The van der Waals surface area contributed by atoms with Gasteiger partial charge in [0.25, 0.3) is 0 Å². The molecule has 1 aliphatic rings. The Balaban J connectivity index is 1.82. The summed E-state index contributed by atoms with van der Waals surface area (Å²) < 4.78 is 13.5. The van der Waals surface area contributed by atoms with Gasteiger partial charge in [-0.15, -0.1) is 0 Å². The zero-order valence-electron chi connectivity index (χ0n) is 10.7. The third kappa shape index (κ3) is 3.70. The number of aliphatic hydroxyl groups is 1. The van der Waals surface area contributed by atoms with Gasteiger partial charge in [0.2, 0.25) is 0 Å². The van der Waals surface area contributed by atoms with Crippen LogP contribution in [0.3, 0.4) is 0 Å². The molecule has 1 aliphatic heterocycles. The van der Waals surface area contributed by atoms with Crippen LogP contribution in [0.15, 0.2) is 24.3 Å². The Morgan fingerprint density at radius 1 is 1.50 bits per heavy atom. The summed E-state index contributed by atoms with van der Waals surface area (Å²) in [7, 11) is 0. The summed E-state index contributed by atoms with van der Waals surface area (Å²) in [4.78, 5) is 0. The van der Waals surface area contributed by atoms with Gasteiger partial charge in [-0.05, 0) is 37.1 Å². The maximum atomic E-state index is 13.5. The molecular formula is C14H20FNOS. The molecule has 1 aromatic carbocycles. The second kappa shape index (κ2) is 6.04. The molecule has 18 heavy (non-hydrogen) atoms. The van der Waals surface area contributed by atoms with Gasteiger partial charge in [0.15, 0.2) is 0 Å². The molecule has 2 atom stereocenters. The summed E-state index contributed by atoms with van der Waals surface area (Å²) in [6, 6.07) is 7.02. The summed E-state index contributed by atoms with van der Waals surface area (Å²) in [5.41, 5.74) is 0.152. The number of nitrogens with one attached hydrogen (secondary N) is 1. The number of hydrogen-bond acceptors (Lipinski definition) is 3. The Morgan fingerprint density at radius 3 is 2.94 bits per heavy atom. The second-order valence-corrected chi connectivity index (χ2v) is 6.21. The smallest absolute Gasteiger partial charge is 0.126 e. The second-order valence-electron chi connectivity index (χ2n) is 5.10. The van der Waals surface area contributed by atoms with Crippen molar-refractivity contribution in [2.45, 2.75) is 31.4 Å². The Bertz CT molecular complexity index is 393. The van der Waals surface area contributed by atoms with Crippen molar-refractivity contribution in [3.63, 3.8) is 0 Å². The molecule has 1 aromatic rings. The number of rotatable bonds is 5. The summed E-state index contributed by atoms with van der Waals surface area (Å²) in [6.07, 6.45) is 1.49. The Hall–Kier alpha value is -0.580. The van der Waals surface area contributed by atoms with E-state index < -0.39 is 5.60 Å². The topological polar surface area (TPSA) is 32.3 Å². The van der Waals surface area contributed by atoms with Crippen LogP contribution in [0, 0.1) is 5.82 Å². The van der Waals surface area contributed by atoms with Crippen molar-refractivity contribution in [3.8, 4) is 0 Å². The van der Waals surface area contributed by atoms with Crippen LogP contribution in [0.5, 0.6) is 0 Å². The highest BCUT2D eigenvalue weighted by Gasteiger charge is 2.31. The zero-order chi connectivity index (χ0) is 13.0. The van der Waals surface area contributed by atoms with Crippen molar-refractivity contribution < 1.29 is 9.50 Å². The third-order valence-corrected chi connectivity index (χ3v) is 4.58. The van der Waals surface area contributed by atoms with Gasteiger partial charge in [0.1, 0.15) is 5.82 Å². The van der Waals surface area contributed by atoms with E-state index in [1.165, 1.54) is 6.07 Å². The fraction of sp³-hybridized carbons (Fsp3) is 0.571. The van der Waals surface area contributed by atoms with E-state index in [2.05, 4.69) is 5.32 Å². The third-order valence-electron chi connectivity index (χ3n) is 3.35. The van der Waals surface area contributed by atoms with Crippen LogP contribution < -0.4 is 5.32 Å². The van der Waals surface area contributed by atoms with Crippen molar-refractivity contribution in [3.05, 3.63) is 35.6 Å². The summed E-state index contributed by atoms with van der Waals surface area (Å²) in [5, 5.41) is 13.5. The van der Waals surface area contributed by atoms with Crippen LogP contribution in [0.25, 0.3) is 0 Å². The minimum absolute atomic E-state index is 0.152. The molecule has 0 saturated carbocycles. The largest absolute Gasteiger partial charge is 0.388 e.